The molecule has 3 rings (SSSR count). The number of rotatable bonds is 5. The number of benzene rings is 1. The third kappa shape index (κ3) is 3.05. The molecule has 1 aromatic heterocycles. The lowest BCUT2D eigenvalue weighted by atomic mass is 10.0. The summed E-state index contributed by atoms with van der Waals surface area (Å²) >= 11 is 0. The van der Waals surface area contributed by atoms with Gasteiger partial charge in [-0.25, -0.2) is 0 Å². The second-order valence-electron chi connectivity index (χ2n) is 5.72. The summed E-state index contributed by atoms with van der Waals surface area (Å²) in [6.45, 7) is 2.44. The number of fused-ring (bicyclic) bond motifs is 1. The second kappa shape index (κ2) is 5.82. The molecule has 0 aliphatic heterocycles. The molecule has 4 heteroatoms. The van der Waals surface area contributed by atoms with Crippen molar-refractivity contribution in [2.45, 2.75) is 31.7 Å². The monoisotopic (exact) mass is 284 g/mol. The number of hydrogen-bond donors (Lipinski definition) is 1. The Bertz CT molecular complexity index is 665. The highest BCUT2D eigenvalue weighted by atomic mass is 16.5. The molecule has 1 saturated carbocycles. The van der Waals surface area contributed by atoms with E-state index in [-0.39, 0.29) is 11.9 Å². The van der Waals surface area contributed by atoms with E-state index in [1.54, 1.807) is 7.11 Å². The zero-order valence-corrected chi connectivity index (χ0v) is 12.4. The maximum absolute atomic E-state index is 12.5. The van der Waals surface area contributed by atoms with Gasteiger partial charge in [0.25, 0.3) is 5.91 Å². The summed E-state index contributed by atoms with van der Waals surface area (Å²) in [6.07, 6.45) is 2.35. The van der Waals surface area contributed by atoms with Crippen molar-refractivity contribution in [1.82, 2.24) is 10.3 Å². The van der Waals surface area contributed by atoms with E-state index in [9.17, 15) is 4.79 Å². The van der Waals surface area contributed by atoms with Gasteiger partial charge in [0.1, 0.15) is 0 Å². The van der Waals surface area contributed by atoms with Crippen LogP contribution in [0, 0.1) is 0 Å². The van der Waals surface area contributed by atoms with Crippen LogP contribution in [0.4, 0.5) is 0 Å². The van der Waals surface area contributed by atoms with E-state index in [1.807, 2.05) is 37.3 Å². The lowest BCUT2D eigenvalue weighted by molar-refractivity contribution is 0.0907. The van der Waals surface area contributed by atoms with Gasteiger partial charge in [-0.15, -0.1) is 0 Å². The molecule has 1 heterocycles. The van der Waals surface area contributed by atoms with Crippen LogP contribution < -0.4 is 5.32 Å². The number of para-hydroxylation sites is 1. The Hall–Kier alpha value is -1.94. The molecule has 1 aliphatic carbocycles. The third-order valence-corrected chi connectivity index (χ3v) is 3.77. The van der Waals surface area contributed by atoms with Crippen LogP contribution in [0.5, 0.6) is 0 Å². The molecule has 21 heavy (non-hydrogen) atoms. The van der Waals surface area contributed by atoms with E-state index in [0.29, 0.717) is 18.1 Å². The van der Waals surface area contributed by atoms with Crippen molar-refractivity contribution >= 4 is 16.8 Å². The largest absolute Gasteiger partial charge is 0.383 e. The standard InChI is InChI=1S/C17H20N2O2/c1-11(10-21-2)18-17(20)14-9-16(12-7-8-12)19-15-6-4-3-5-13(14)15/h3-6,9,11-12H,7-8,10H2,1-2H3,(H,18,20)/t11-/m1/s1. The summed E-state index contributed by atoms with van der Waals surface area (Å²) in [5.74, 6) is 0.470. The van der Waals surface area contributed by atoms with Crippen LogP contribution in [0.25, 0.3) is 10.9 Å². The minimum atomic E-state index is -0.0555. The van der Waals surface area contributed by atoms with Crippen molar-refractivity contribution in [1.29, 1.82) is 0 Å². The number of hydrogen-bond acceptors (Lipinski definition) is 3. The number of nitrogens with one attached hydrogen (secondary N) is 1. The summed E-state index contributed by atoms with van der Waals surface area (Å²) in [7, 11) is 1.63. The minimum absolute atomic E-state index is 0.0150. The molecular weight excluding hydrogens is 264 g/mol. The molecule has 1 fully saturated rings. The van der Waals surface area contributed by atoms with Gasteiger partial charge >= 0.3 is 0 Å². The Morgan fingerprint density at radius 1 is 1.43 bits per heavy atom. The van der Waals surface area contributed by atoms with E-state index in [4.69, 9.17) is 9.72 Å². The lowest BCUT2D eigenvalue weighted by Gasteiger charge is -2.14. The number of aromatic nitrogens is 1. The number of methoxy groups -OCH3 is 1. The lowest BCUT2D eigenvalue weighted by Crippen LogP contribution is -2.35. The first-order valence-electron chi connectivity index (χ1n) is 7.38. The molecule has 0 spiro atoms. The molecule has 4 nitrogen and oxygen atoms in total. The first kappa shape index (κ1) is 14.0. The van der Waals surface area contributed by atoms with Crippen molar-refractivity contribution in [2.75, 3.05) is 13.7 Å². The van der Waals surface area contributed by atoms with Crippen molar-refractivity contribution in [2.24, 2.45) is 0 Å². The Kier molecular flexibility index (Phi) is 3.88. The predicted octanol–water partition coefficient (Wildman–Crippen LogP) is 2.88. The first-order valence-corrected chi connectivity index (χ1v) is 7.38. The average molecular weight is 284 g/mol. The van der Waals surface area contributed by atoms with Gasteiger partial charge in [-0.05, 0) is 31.9 Å². The van der Waals surface area contributed by atoms with Gasteiger partial charge in [0, 0.05) is 30.1 Å². The Balaban J connectivity index is 1.97. The molecule has 1 aliphatic rings. The van der Waals surface area contributed by atoms with Crippen molar-refractivity contribution in [3.8, 4) is 0 Å². The highest BCUT2D eigenvalue weighted by molar-refractivity contribution is 6.06. The van der Waals surface area contributed by atoms with Gasteiger partial charge in [0.15, 0.2) is 0 Å². The van der Waals surface area contributed by atoms with Crippen LogP contribution in [-0.2, 0) is 4.74 Å². The first-order chi connectivity index (χ1) is 10.2. The molecule has 110 valence electrons. The molecule has 0 bridgehead atoms. The van der Waals surface area contributed by atoms with Crippen LogP contribution in [0.15, 0.2) is 30.3 Å². The molecule has 1 N–H and O–H groups in total. The maximum atomic E-state index is 12.5. The van der Waals surface area contributed by atoms with Crippen molar-refractivity contribution in [3.05, 3.63) is 41.6 Å². The Labute approximate surface area is 124 Å². The maximum Gasteiger partial charge on any atom is 0.252 e. The average Bonchev–Trinajstić information content (AvgIpc) is 3.31. The fraction of sp³-hybridized carbons (Fsp3) is 0.412. The van der Waals surface area contributed by atoms with E-state index < -0.39 is 0 Å². The van der Waals surface area contributed by atoms with Crippen molar-refractivity contribution < 1.29 is 9.53 Å². The zero-order chi connectivity index (χ0) is 14.8. The summed E-state index contributed by atoms with van der Waals surface area (Å²) in [6, 6.07) is 9.76. The van der Waals surface area contributed by atoms with E-state index in [0.717, 1.165) is 16.6 Å². The summed E-state index contributed by atoms with van der Waals surface area (Å²) in [4.78, 5) is 17.2. The number of pyridine rings is 1. The topological polar surface area (TPSA) is 51.2 Å². The summed E-state index contributed by atoms with van der Waals surface area (Å²) in [5.41, 5.74) is 2.65. The molecule has 2 aromatic rings. The number of carbonyl (C=O) groups excluding carboxylic acids is 1. The number of amides is 1. The van der Waals surface area contributed by atoms with Gasteiger partial charge < -0.3 is 10.1 Å². The predicted molar refractivity (Wildman–Crippen MR) is 82.5 cm³/mol. The fourth-order valence-corrected chi connectivity index (χ4v) is 2.57. The summed E-state index contributed by atoms with van der Waals surface area (Å²) in [5, 5.41) is 3.89. The Morgan fingerprint density at radius 3 is 2.90 bits per heavy atom. The van der Waals surface area contributed by atoms with Crippen LogP contribution in [-0.4, -0.2) is 30.6 Å². The van der Waals surface area contributed by atoms with E-state index >= 15 is 0 Å². The highest BCUT2D eigenvalue weighted by Crippen LogP contribution is 2.40. The number of carbonyl (C=O) groups is 1. The molecule has 1 aromatic carbocycles. The van der Waals surface area contributed by atoms with Gasteiger partial charge in [0.05, 0.1) is 17.7 Å². The van der Waals surface area contributed by atoms with Crippen LogP contribution >= 0.6 is 0 Å². The SMILES string of the molecule is COC[C@@H](C)NC(=O)c1cc(C2CC2)nc2ccccc12. The highest BCUT2D eigenvalue weighted by Gasteiger charge is 2.27. The zero-order valence-electron chi connectivity index (χ0n) is 12.4. The smallest absolute Gasteiger partial charge is 0.252 e. The van der Waals surface area contributed by atoms with Gasteiger partial charge in [-0.1, -0.05) is 18.2 Å². The Morgan fingerprint density at radius 2 is 2.19 bits per heavy atom. The molecule has 0 radical (unpaired) electrons. The minimum Gasteiger partial charge on any atom is -0.383 e. The normalized spacial score (nSPS) is 15.9. The molecular formula is C17H20N2O2. The molecule has 1 amide bonds. The van der Waals surface area contributed by atoms with Crippen LogP contribution in [0.2, 0.25) is 0 Å². The van der Waals surface area contributed by atoms with E-state index in [2.05, 4.69) is 5.32 Å². The molecule has 0 unspecified atom stereocenters. The molecule has 0 saturated heterocycles. The van der Waals surface area contributed by atoms with Gasteiger partial charge in [0.2, 0.25) is 0 Å². The van der Waals surface area contributed by atoms with Crippen LogP contribution in [0.1, 0.15) is 41.7 Å². The summed E-state index contributed by atoms with van der Waals surface area (Å²) < 4.78 is 5.07. The van der Waals surface area contributed by atoms with E-state index in [1.165, 1.54) is 12.8 Å². The van der Waals surface area contributed by atoms with Gasteiger partial charge in [-0.2, -0.15) is 0 Å². The quantitative estimate of drug-likeness (QED) is 0.918. The van der Waals surface area contributed by atoms with Gasteiger partial charge in [-0.3, -0.25) is 9.78 Å². The number of ether oxygens (including phenoxy) is 1. The third-order valence-electron chi connectivity index (χ3n) is 3.77. The second-order valence-corrected chi connectivity index (χ2v) is 5.72. The van der Waals surface area contributed by atoms with Crippen LogP contribution in [0.3, 0.4) is 0 Å². The molecule has 1 atom stereocenters. The fourth-order valence-electron chi connectivity index (χ4n) is 2.57. The number of nitrogens with zero attached hydrogens (tertiary/aromatic N) is 1. The van der Waals surface area contributed by atoms with Crippen molar-refractivity contribution in [3.63, 3.8) is 0 Å².